The van der Waals surface area contributed by atoms with Crippen LogP contribution in [-0.4, -0.2) is 44.8 Å². The van der Waals surface area contributed by atoms with Crippen molar-refractivity contribution in [1.82, 2.24) is 0 Å². The summed E-state index contributed by atoms with van der Waals surface area (Å²) in [7, 11) is 0. The molecule has 2 aliphatic rings. The zero-order valence-electron chi connectivity index (χ0n) is 17.0. The Balaban J connectivity index is 1.88. The fourth-order valence-electron chi connectivity index (χ4n) is 4.46. The normalized spacial score (nSPS) is 31.1. The van der Waals surface area contributed by atoms with Crippen LogP contribution in [-0.2, 0) is 0 Å². The van der Waals surface area contributed by atoms with Crippen LogP contribution in [0, 0.1) is 17.8 Å². The summed E-state index contributed by atoms with van der Waals surface area (Å²) in [6, 6.07) is 0. The third kappa shape index (κ3) is 7.01. The lowest BCUT2D eigenvalue weighted by Gasteiger charge is -2.27. The average molecular weight is 381 g/mol. The lowest BCUT2D eigenvalue weighted by Crippen LogP contribution is -2.30. The van der Waals surface area contributed by atoms with Gasteiger partial charge in [-0.1, -0.05) is 44.1 Å². The summed E-state index contributed by atoms with van der Waals surface area (Å²) in [6.45, 7) is 2.39. The first-order chi connectivity index (χ1) is 13.0. The van der Waals surface area contributed by atoms with Crippen LogP contribution in [0.25, 0.3) is 0 Å². The van der Waals surface area contributed by atoms with Crippen molar-refractivity contribution < 1.29 is 20.4 Å². The molecule has 0 aliphatic heterocycles. The van der Waals surface area contributed by atoms with Crippen molar-refractivity contribution in [2.24, 2.45) is 17.8 Å². The maximum absolute atomic E-state index is 11.0. The van der Waals surface area contributed by atoms with Gasteiger partial charge < -0.3 is 20.4 Å². The number of hydrogen-bond acceptors (Lipinski definition) is 4. The van der Waals surface area contributed by atoms with E-state index in [1.165, 1.54) is 0 Å². The second kappa shape index (κ2) is 11.4. The maximum Gasteiger partial charge on any atom is 0.0710 e. The Hall–Kier alpha value is -0.680. The summed E-state index contributed by atoms with van der Waals surface area (Å²) in [5, 5.41) is 40.5. The van der Waals surface area contributed by atoms with E-state index < -0.39 is 17.8 Å². The molecule has 2 fully saturated rings. The van der Waals surface area contributed by atoms with Crippen molar-refractivity contribution in [2.75, 3.05) is 6.61 Å². The Morgan fingerprint density at radius 2 is 1.78 bits per heavy atom. The highest BCUT2D eigenvalue weighted by atomic mass is 16.3. The Morgan fingerprint density at radius 1 is 1.00 bits per heavy atom. The molecule has 156 valence electrons. The van der Waals surface area contributed by atoms with Crippen LogP contribution < -0.4 is 0 Å². The molecule has 0 aromatic rings. The van der Waals surface area contributed by atoms with Gasteiger partial charge in [0, 0.05) is 18.9 Å². The van der Waals surface area contributed by atoms with Crippen LogP contribution in [0.3, 0.4) is 0 Å². The number of rotatable bonds is 13. The van der Waals surface area contributed by atoms with E-state index in [4.69, 9.17) is 5.11 Å². The molecule has 27 heavy (non-hydrogen) atoms. The van der Waals surface area contributed by atoms with Gasteiger partial charge in [-0.3, -0.25) is 0 Å². The molecule has 2 rings (SSSR count). The fraction of sp³-hybridized carbons (Fsp3) is 0.826. The van der Waals surface area contributed by atoms with E-state index in [9.17, 15) is 15.3 Å². The number of aliphatic hydroxyl groups is 4. The summed E-state index contributed by atoms with van der Waals surface area (Å²) in [5.74, 6) is 0.428. The van der Waals surface area contributed by atoms with Crippen LogP contribution in [0.15, 0.2) is 24.3 Å². The molecule has 0 saturated heterocycles. The van der Waals surface area contributed by atoms with Gasteiger partial charge in [0.1, 0.15) is 0 Å². The molecule has 0 amide bonds. The molecule has 4 N–H and O–H groups in total. The van der Waals surface area contributed by atoms with Crippen molar-refractivity contribution in [3.8, 4) is 0 Å². The van der Waals surface area contributed by atoms with Gasteiger partial charge in [-0.25, -0.2) is 0 Å². The quantitative estimate of drug-likeness (QED) is 0.290. The van der Waals surface area contributed by atoms with Crippen molar-refractivity contribution in [3.63, 3.8) is 0 Å². The Labute approximate surface area is 165 Å². The molecule has 2 aliphatic carbocycles. The minimum atomic E-state index is -0.587. The summed E-state index contributed by atoms with van der Waals surface area (Å²) in [4.78, 5) is 0. The molecule has 4 heteroatoms. The molecule has 0 heterocycles. The fourth-order valence-corrected chi connectivity index (χ4v) is 4.46. The summed E-state index contributed by atoms with van der Waals surface area (Å²) >= 11 is 0. The van der Waals surface area contributed by atoms with E-state index in [2.05, 4.69) is 25.2 Å². The predicted octanol–water partition coefficient (Wildman–Crippen LogP) is 3.73. The maximum atomic E-state index is 11.0. The van der Waals surface area contributed by atoms with E-state index in [0.29, 0.717) is 18.8 Å². The second-order valence-electron chi connectivity index (χ2n) is 8.65. The number of aliphatic hydroxyl groups excluding tert-OH is 3. The molecule has 0 aromatic heterocycles. The molecule has 5 atom stereocenters. The first kappa shape index (κ1) is 22.6. The van der Waals surface area contributed by atoms with E-state index in [1.54, 1.807) is 0 Å². The zero-order valence-corrected chi connectivity index (χ0v) is 17.0. The van der Waals surface area contributed by atoms with Crippen molar-refractivity contribution >= 4 is 0 Å². The van der Waals surface area contributed by atoms with Crippen LogP contribution in [0.4, 0.5) is 0 Å². The number of unbranched alkanes of at least 4 members (excludes halogenated alkanes) is 3. The highest BCUT2D eigenvalue weighted by molar-refractivity contribution is 5.07. The van der Waals surface area contributed by atoms with Gasteiger partial charge in [-0.15, -0.1) is 0 Å². The average Bonchev–Trinajstić information content (AvgIpc) is 3.46. The number of hydrogen-bond donors (Lipinski definition) is 4. The van der Waals surface area contributed by atoms with Gasteiger partial charge in [-0.05, 0) is 63.2 Å². The Morgan fingerprint density at radius 3 is 2.44 bits per heavy atom. The van der Waals surface area contributed by atoms with Crippen LogP contribution in [0.5, 0.6) is 0 Å². The van der Waals surface area contributed by atoms with E-state index in [1.807, 2.05) is 6.08 Å². The van der Waals surface area contributed by atoms with E-state index in [0.717, 1.165) is 57.8 Å². The summed E-state index contributed by atoms with van der Waals surface area (Å²) in [5.41, 5.74) is -0.587. The highest BCUT2D eigenvalue weighted by Gasteiger charge is 2.43. The molecule has 0 spiro atoms. The SMILES string of the molecule is CCCCC(O)(CC=C[C@@H]1[C@@H](CC=CCCCCO)[C@@H](O)C[C@H]1O)C1CC1. The third-order valence-electron chi connectivity index (χ3n) is 6.40. The van der Waals surface area contributed by atoms with Gasteiger partial charge in [0.2, 0.25) is 0 Å². The van der Waals surface area contributed by atoms with Crippen LogP contribution in [0.2, 0.25) is 0 Å². The van der Waals surface area contributed by atoms with Crippen molar-refractivity contribution in [1.29, 1.82) is 0 Å². The van der Waals surface area contributed by atoms with Gasteiger partial charge in [0.25, 0.3) is 0 Å². The second-order valence-corrected chi connectivity index (χ2v) is 8.65. The molecule has 0 aromatic carbocycles. The highest BCUT2D eigenvalue weighted by Crippen LogP contribution is 2.45. The Bertz CT molecular complexity index is 471. The third-order valence-corrected chi connectivity index (χ3v) is 6.40. The topological polar surface area (TPSA) is 80.9 Å². The molecule has 0 bridgehead atoms. The van der Waals surface area contributed by atoms with Crippen molar-refractivity contribution in [2.45, 2.75) is 95.4 Å². The van der Waals surface area contributed by atoms with Gasteiger partial charge in [0.05, 0.1) is 17.8 Å². The minimum absolute atomic E-state index is 0.0370. The predicted molar refractivity (Wildman–Crippen MR) is 109 cm³/mol. The van der Waals surface area contributed by atoms with E-state index >= 15 is 0 Å². The van der Waals surface area contributed by atoms with Gasteiger partial charge in [-0.2, -0.15) is 0 Å². The lowest BCUT2D eigenvalue weighted by atomic mass is 9.85. The largest absolute Gasteiger partial charge is 0.396 e. The standard InChI is InChI=1S/C23H40O4/c1-2-3-14-23(27,18-12-13-18)15-9-11-20-19(21(25)17-22(20)26)10-7-5-4-6-8-16-24/h5,7,9,11,18-22,24-27H,2-4,6,8,10,12-17H2,1H3/t19-,20-,21+,22-,23?/m1/s1. The van der Waals surface area contributed by atoms with Crippen LogP contribution in [0.1, 0.15) is 77.6 Å². The van der Waals surface area contributed by atoms with Gasteiger partial charge >= 0.3 is 0 Å². The van der Waals surface area contributed by atoms with E-state index in [-0.39, 0.29) is 18.4 Å². The lowest BCUT2D eigenvalue weighted by molar-refractivity contribution is 0.00951. The molecule has 2 saturated carbocycles. The first-order valence-electron chi connectivity index (χ1n) is 11.0. The molecule has 0 radical (unpaired) electrons. The smallest absolute Gasteiger partial charge is 0.0710 e. The van der Waals surface area contributed by atoms with Crippen molar-refractivity contribution in [3.05, 3.63) is 24.3 Å². The minimum Gasteiger partial charge on any atom is -0.396 e. The Kier molecular flexibility index (Phi) is 9.51. The summed E-state index contributed by atoms with van der Waals surface area (Å²) in [6.07, 6.45) is 17.2. The van der Waals surface area contributed by atoms with Gasteiger partial charge in [0.15, 0.2) is 0 Å². The monoisotopic (exact) mass is 380 g/mol. The molecule has 4 nitrogen and oxygen atoms in total. The molecule has 1 unspecified atom stereocenters. The zero-order chi connectivity index (χ0) is 19.7. The molecular weight excluding hydrogens is 340 g/mol. The summed E-state index contributed by atoms with van der Waals surface area (Å²) < 4.78 is 0. The first-order valence-corrected chi connectivity index (χ1v) is 11.0. The molecular formula is C23H40O4. The number of allylic oxidation sites excluding steroid dienone is 2. The van der Waals surface area contributed by atoms with Crippen LogP contribution >= 0.6 is 0 Å².